The molecule has 1 N–H and O–H groups in total. The van der Waals surface area contributed by atoms with E-state index in [0.717, 1.165) is 36.0 Å². The van der Waals surface area contributed by atoms with Crippen LogP contribution in [0.25, 0.3) is 6.08 Å². The van der Waals surface area contributed by atoms with Crippen molar-refractivity contribution >= 4 is 18.0 Å². The number of hydrogen-bond donors (Lipinski definition) is 1. The van der Waals surface area contributed by atoms with Gasteiger partial charge in [0.1, 0.15) is 5.75 Å². The van der Waals surface area contributed by atoms with Crippen LogP contribution in [0.4, 0.5) is 0 Å². The summed E-state index contributed by atoms with van der Waals surface area (Å²) in [7, 11) is 2.79. The molecule has 0 aliphatic rings. The molecule has 0 aromatic heterocycles. The van der Waals surface area contributed by atoms with Crippen molar-refractivity contribution in [1.29, 1.82) is 0 Å². The van der Waals surface area contributed by atoms with E-state index < -0.39 is 0 Å². The lowest BCUT2D eigenvalue weighted by molar-refractivity contribution is -0.140. The summed E-state index contributed by atoms with van der Waals surface area (Å²) in [5.41, 5.74) is 5.03. The maximum Gasteiger partial charge on any atom is 0.309 e. The summed E-state index contributed by atoms with van der Waals surface area (Å²) in [6.45, 7) is 0. The third kappa shape index (κ3) is 8.45. The summed E-state index contributed by atoms with van der Waals surface area (Å²) in [5.74, 6) is 0.00946. The second kappa shape index (κ2) is 13.1. The molecule has 0 fully saturated rings. The molecule has 3 rings (SSSR count). The van der Waals surface area contributed by atoms with Crippen LogP contribution in [0.15, 0.2) is 78.9 Å². The molecule has 0 bridgehead atoms. The third-order valence-electron chi connectivity index (χ3n) is 5.98. The first-order valence-electron chi connectivity index (χ1n) is 11.7. The zero-order valence-corrected chi connectivity index (χ0v) is 20.3. The number of aromatic hydroxyl groups is 1. The normalized spacial score (nSPS) is 11.8. The molecule has 0 aliphatic heterocycles. The van der Waals surface area contributed by atoms with Crippen LogP contribution in [0.3, 0.4) is 0 Å². The molecule has 3 aromatic carbocycles. The minimum Gasteiger partial charge on any atom is -0.507 e. The van der Waals surface area contributed by atoms with Gasteiger partial charge in [-0.2, -0.15) is 0 Å². The Morgan fingerprint density at radius 1 is 0.771 bits per heavy atom. The Morgan fingerprint density at radius 2 is 1.29 bits per heavy atom. The fourth-order valence-corrected chi connectivity index (χ4v) is 3.88. The van der Waals surface area contributed by atoms with E-state index in [1.165, 1.54) is 25.3 Å². The number of hydrogen-bond acceptors (Lipinski definition) is 5. The molecular weight excluding hydrogens is 440 g/mol. The number of phenols is 1. The number of phenolic OH excluding ortho intramolecular Hbond substituents is 1. The van der Waals surface area contributed by atoms with Crippen LogP contribution >= 0.6 is 0 Å². The molecule has 0 saturated carbocycles. The molecule has 182 valence electrons. The van der Waals surface area contributed by atoms with Crippen LogP contribution in [-0.2, 0) is 44.7 Å². The number of ether oxygens (including phenoxy) is 2. The van der Waals surface area contributed by atoms with E-state index in [1.807, 2.05) is 48.5 Å². The highest BCUT2D eigenvalue weighted by molar-refractivity contribution is 5.72. The molecule has 35 heavy (non-hydrogen) atoms. The van der Waals surface area contributed by atoms with Crippen LogP contribution in [0, 0.1) is 5.92 Å². The van der Waals surface area contributed by atoms with Crippen molar-refractivity contribution in [2.75, 3.05) is 14.2 Å². The van der Waals surface area contributed by atoms with Crippen LogP contribution in [-0.4, -0.2) is 31.3 Å². The number of para-hydroxylation sites is 1. The van der Waals surface area contributed by atoms with E-state index in [9.17, 15) is 14.7 Å². The monoisotopic (exact) mass is 472 g/mol. The van der Waals surface area contributed by atoms with Crippen molar-refractivity contribution < 1.29 is 24.2 Å². The van der Waals surface area contributed by atoms with Gasteiger partial charge < -0.3 is 14.6 Å². The summed E-state index contributed by atoms with van der Waals surface area (Å²) in [6.07, 6.45) is 7.31. The molecule has 0 amide bonds. The summed E-state index contributed by atoms with van der Waals surface area (Å²) < 4.78 is 9.48. The Kier molecular flexibility index (Phi) is 9.67. The van der Waals surface area contributed by atoms with Gasteiger partial charge in [-0.3, -0.25) is 9.59 Å². The topological polar surface area (TPSA) is 72.8 Å². The first-order valence-corrected chi connectivity index (χ1v) is 11.7. The fraction of sp³-hybridized carbons (Fsp3) is 0.267. The largest absolute Gasteiger partial charge is 0.507 e. The Balaban J connectivity index is 1.69. The highest BCUT2D eigenvalue weighted by Gasteiger charge is 2.10. The number of esters is 2. The fourth-order valence-electron chi connectivity index (χ4n) is 3.88. The molecule has 0 radical (unpaired) electrons. The van der Waals surface area contributed by atoms with Gasteiger partial charge in [-0.25, -0.2) is 0 Å². The van der Waals surface area contributed by atoms with Gasteiger partial charge in [0, 0.05) is 5.56 Å². The minimum atomic E-state index is -0.251. The van der Waals surface area contributed by atoms with E-state index in [0.29, 0.717) is 0 Å². The van der Waals surface area contributed by atoms with Gasteiger partial charge in [0.05, 0.1) is 27.1 Å². The molecule has 0 saturated heterocycles. The number of benzene rings is 3. The van der Waals surface area contributed by atoms with Gasteiger partial charge in [0.2, 0.25) is 0 Å². The zero-order valence-electron chi connectivity index (χ0n) is 20.3. The predicted octanol–water partition coefficient (Wildman–Crippen LogP) is 5.33. The number of allylic oxidation sites excluding steroid dienone is 1. The first-order chi connectivity index (χ1) is 17.0. The standard InChI is InChI=1S/C30H32O5/c1-34-29(32)20-25-11-8-22(9-12-25)7-10-24(17-18-27-5-3-4-6-28(27)31)19-23-13-15-26(16-14-23)21-30(33)35-2/h3-6,8-9,11-18,24,31H,7,10,19-21H2,1-2H3/b18-17+. The average molecular weight is 473 g/mol. The van der Waals surface area contributed by atoms with Crippen molar-refractivity contribution in [3.05, 3.63) is 107 Å². The quantitative estimate of drug-likeness (QED) is 0.382. The highest BCUT2D eigenvalue weighted by Crippen LogP contribution is 2.22. The summed E-state index contributed by atoms with van der Waals surface area (Å²) in [4.78, 5) is 23.0. The summed E-state index contributed by atoms with van der Waals surface area (Å²) in [6, 6.07) is 23.4. The number of aryl methyl sites for hydroxylation is 1. The Labute approximate surface area is 207 Å². The van der Waals surface area contributed by atoms with E-state index >= 15 is 0 Å². The Morgan fingerprint density at radius 3 is 1.83 bits per heavy atom. The molecule has 0 aliphatic carbocycles. The average Bonchev–Trinajstić information content (AvgIpc) is 2.88. The van der Waals surface area contributed by atoms with Crippen LogP contribution in [0.5, 0.6) is 5.75 Å². The first kappa shape index (κ1) is 25.8. The van der Waals surface area contributed by atoms with Crippen molar-refractivity contribution in [3.8, 4) is 5.75 Å². The predicted molar refractivity (Wildman–Crippen MR) is 137 cm³/mol. The minimum absolute atomic E-state index is 0.246. The molecule has 0 spiro atoms. The van der Waals surface area contributed by atoms with Gasteiger partial charge >= 0.3 is 11.9 Å². The lowest BCUT2D eigenvalue weighted by atomic mass is 9.91. The SMILES string of the molecule is COC(=O)Cc1ccc(CCC(/C=C/c2ccccc2O)Cc2ccc(CC(=O)OC)cc2)cc1. The third-order valence-corrected chi connectivity index (χ3v) is 5.98. The maximum atomic E-state index is 11.5. The van der Waals surface area contributed by atoms with E-state index in [1.54, 1.807) is 6.07 Å². The van der Waals surface area contributed by atoms with Crippen molar-refractivity contribution in [2.24, 2.45) is 5.92 Å². The Hall–Kier alpha value is -3.86. The van der Waals surface area contributed by atoms with E-state index in [4.69, 9.17) is 9.47 Å². The van der Waals surface area contributed by atoms with Crippen molar-refractivity contribution in [3.63, 3.8) is 0 Å². The Bertz CT molecular complexity index is 1130. The number of methoxy groups -OCH3 is 2. The van der Waals surface area contributed by atoms with Crippen LogP contribution in [0.1, 0.15) is 34.2 Å². The molecule has 3 aromatic rings. The highest BCUT2D eigenvalue weighted by atomic mass is 16.5. The van der Waals surface area contributed by atoms with Gasteiger partial charge in [0.25, 0.3) is 0 Å². The molecule has 1 atom stereocenters. The smallest absolute Gasteiger partial charge is 0.309 e. The molecular formula is C30H32O5. The van der Waals surface area contributed by atoms with Gasteiger partial charge in [-0.1, -0.05) is 78.9 Å². The second-order valence-corrected chi connectivity index (χ2v) is 8.56. The molecule has 5 heteroatoms. The van der Waals surface area contributed by atoms with Crippen LogP contribution < -0.4 is 0 Å². The van der Waals surface area contributed by atoms with Crippen molar-refractivity contribution in [1.82, 2.24) is 0 Å². The zero-order chi connectivity index (χ0) is 25.0. The lowest BCUT2D eigenvalue weighted by Crippen LogP contribution is -2.06. The molecule has 5 nitrogen and oxygen atoms in total. The van der Waals surface area contributed by atoms with Gasteiger partial charge in [0.15, 0.2) is 0 Å². The summed E-state index contributed by atoms with van der Waals surface area (Å²) in [5, 5.41) is 10.1. The number of rotatable bonds is 11. The maximum absolute atomic E-state index is 11.5. The van der Waals surface area contributed by atoms with Crippen molar-refractivity contribution in [2.45, 2.75) is 32.1 Å². The second-order valence-electron chi connectivity index (χ2n) is 8.56. The number of carbonyl (C=O) groups is 2. The van der Waals surface area contributed by atoms with Gasteiger partial charge in [-0.05, 0) is 53.5 Å². The van der Waals surface area contributed by atoms with Crippen LogP contribution in [0.2, 0.25) is 0 Å². The van der Waals surface area contributed by atoms with Gasteiger partial charge in [-0.15, -0.1) is 0 Å². The van der Waals surface area contributed by atoms with E-state index in [2.05, 4.69) is 30.3 Å². The number of carbonyl (C=O) groups excluding carboxylic acids is 2. The van der Waals surface area contributed by atoms with E-state index in [-0.39, 0.29) is 36.4 Å². The lowest BCUT2D eigenvalue weighted by Gasteiger charge is -2.14. The summed E-state index contributed by atoms with van der Waals surface area (Å²) >= 11 is 0. The molecule has 1 unspecified atom stereocenters. The molecule has 0 heterocycles.